The second-order valence-electron chi connectivity index (χ2n) is 11.1. The molecule has 1 aliphatic rings. The Balaban J connectivity index is 1.45. The number of carbonyl (C=O) groups excluding carboxylic acids is 1. The molecule has 4 aromatic rings. The lowest BCUT2D eigenvalue weighted by Gasteiger charge is -2.16. The van der Waals surface area contributed by atoms with Gasteiger partial charge in [-0.2, -0.15) is 0 Å². The minimum Gasteiger partial charge on any atom is -0.478 e. The lowest BCUT2D eigenvalue weighted by atomic mass is 9.91. The van der Waals surface area contributed by atoms with Crippen LogP contribution in [0, 0.1) is 12.8 Å². The van der Waals surface area contributed by atoms with Gasteiger partial charge in [-0.05, 0) is 91.8 Å². The summed E-state index contributed by atoms with van der Waals surface area (Å²) in [5.41, 5.74) is 6.05. The molecule has 0 aliphatic heterocycles. The SMILES string of the molecule is CCC1CCc2nc(-c3cc(=O)c4cc(C)cc([C@@H](C)CCCc5ccccc5C(=O)O)c4o3)ccc2CC1=O. The molecule has 0 fully saturated rings. The fraction of sp³-hybridized carbons (Fsp3) is 0.353. The maximum atomic E-state index is 13.3. The molecule has 0 spiro atoms. The number of rotatable bonds is 8. The van der Waals surface area contributed by atoms with Crippen LogP contribution in [-0.2, 0) is 24.1 Å². The molecule has 2 heterocycles. The highest BCUT2D eigenvalue weighted by molar-refractivity contribution is 5.89. The standard InChI is InChI=1S/C34H35NO5/c1-4-22-12-14-28-24(18-30(22)36)13-15-29(35-28)32-19-31(37)27-17-20(2)16-26(33(27)40-32)21(3)8-7-10-23-9-5-6-11-25(23)34(38)39/h5-6,9,11,13,15-17,19,21-22H,4,7-8,10,12,14,18H2,1-3H3,(H,38,39)/t21-,22?/m0/s1. The number of carboxylic acids is 1. The smallest absolute Gasteiger partial charge is 0.335 e. The Kier molecular flexibility index (Phi) is 7.97. The topological polar surface area (TPSA) is 97.5 Å². The minimum absolute atomic E-state index is 0.0705. The number of hydrogen-bond acceptors (Lipinski definition) is 5. The van der Waals surface area contributed by atoms with Crippen LogP contribution in [0.2, 0.25) is 0 Å². The van der Waals surface area contributed by atoms with Gasteiger partial charge in [0.2, 0.25) is 0 Å². The van der Waals surface area contributed by atoms with Crippen molar-refractivity contribution in [2.75, 3.05) is 0 Å². The zero-order valence-electron chi connectivity index (χ0n) is 23.3. The Morgan fingerprint density at radius 2 is 1.93 bits per heavy atom. The number of hydrogen-bond donors (Lipinski definition) is 1. The minimum atomic E-state index is -0.911. The van der Waals surface area contributed by atoms with Crippen LogP contribution >= 0.6 is 0 Å². The van der Waals surface area contributed by atoms with Gasteiger partial charge in [0.25, 0.3) is 0 Å². The van der Waals surface area contributed by atoms with Crippen LogP contribution in [0.5, 0.6) is 0 Å². The van der Waals surface area contributed by atoms with Crippen molar-refractivity contribution in [3.05, 3.63) is 98.3 Å². The van der Waals surface area contributed by atoms with Crippen molar-refractivity contribution < 1.29 is 19.1 Å². The summed E-state index contributed by atoms with van der Waals surface area (Å²) in [7, 11) is 0. The van der Waals surface area contributed by atoms with E-state index in [2.05, 4.69) is 19.9 Å². The molecule has 1 N–H and O–H groups in total. The second kappa shape index (κ2) is 11.6. The average Bonchev–Trinajstić information content (AvgIpc) is 3.10. The molecule has 0 saturated carbocycles. The third kappa shape index (κ3) is 5.62. The molecule has 2 aromatic carbocycles. The Hall–Kier alpha value is -4.06. The molecule has 2 aromatic heterocycles. The molecule has 6 nitrogen and oxygen atoms in total. The van der Waals surface area contributed by atoms with Crippen LogP contribution in [0.3, 0.4) is 0 Å². The lowest BCUT2D eigenvalue weighted by molar-refractivity contribution is -0.122. The van der Waals surface area contributed by atoms with Crippen molar-refractivity contribution in [3.8, 4) is 11.5 Å². The molecule has 40 heavy (non-hydrogen) atoms. The predicted molar refractivity (Wildman–Crippen MR) is 156 cm³/mol. The average molecular weight is 538 g/mol. The van der Waals surface area contributed by atoms with Crippen molar-refractivity contribution in [3.63, 3.8) is 0 Å². The highest BCUT2D eigenvalue weighted by atomic mass is 16.4. The first-order chi connectivity index (χ1) is 19.2. The van der Waals surface area contributed by atoms with Gasteiger partial charge in [0.05, 0.1) is 10.9 Å². The molecule has 0 amide bonds. The molecule has 6 heteroatoms. The first-order valence-corrected chi connectivity index (χ1v) is 14.2. The van der Waals surface area contributed by atoms with Gasteiger partial charge >= 0.3 is 5.97 Å². The molecule has 206 valence electrons. The monoisotopic (exact) mass is 537 g/mol. The first-order valence-electron chi connectivity index (χ1n) is 14.2. The van der Waals surface area contributed by atoms with Crippen LogP contribution in [0.4, 0.5) is 0 Å². The van der Waals surface area contributed by atoms with Gasteiger partial charge in [-0.15, -0.1) is 0 Å². The van der Waals surface area contributed by atoms with Gasteiger partial charge in [-0.3, -0.25) is 9.59 Å². The van der Waals surface area contributed by atoms with Gasteiger partial charge in [0, 0.05) is 24.1 Å². The summed E-state index contributed by atoms with van der Waals surface area (Å²) >= 11 is 0. The van der Waals surface area contributed by atoms with Crippen LogP contribution < -0.4 is 5.43 Å². The number of ketones is 1. The van der Waals surface area contributed by atoms with E-state index in [1.807, 2.05) is 37.3 Å². The summed E-state index contributed by atoms with van der Waals surface area (Å²) in [6, 6.07) is 16.4. The highest BCUT2D eigenvalue weighted by Crippen LogP contribution is 2.33. The van der Waals surface area contributed by atoms with Crippen LogP contribution in [-0.4, -0.2) is 21.8 Å². The fourth-order valence-electron chi connectivity index (χ4n) is 5.91. The molecule has 5 rings (SSSR count). The fourth-order valence-corrected chi connectivity index (χ4v) is 5.91. The van der Waals surface area contributed by atoms with Gasteiger partial charge in [-0.1, -0.05) is 44.2 Å². The maximum absolute atomic E-state index is 13.3. The van der Waals surface area contributed by atoms with Gasteiger partial charge < -0.3 is 9.52 Å². The van der Waals surface area contributed by atoms with Crippen molar-refractivity contribution in [1.29, 1.82) is 0 Å². The molecule has 0 bridgehead atoms. The maximum Gasteiger partial charge on any atom is 0.335 e. The van der Waals surface area contributed by atoms with E-state index >= 15 is 0 Å². The molecule has 2 atom stereocenters. The second-order valence-corrected chi connectivity index (χ2v) is 11.1. The molecule has 1 unspecified atom stereocenters. The summed E-state index contributed by atoms with van der Waals surface area (Å²) in [6.07, 6.45) is 5.04. The first kappa shape index (κ1) is 27.5. The van der Waals surface area contributed by atoms with E-state index in [1.165, 1.54) is 6.07 Å². The number of aromatic nitrogens is 1. The number of benzene rings is 2. The third-order valence-electron chi connectivity index (χ3n) is 8.23. The summed E-state index contributed by atoms with van der Waals surface area (Å²) in [4.78, 5) is 42.3. The Bertz CT molecular complexity index is 1650. The van der Waals surface area contributed by atoms with Gasteiger partial charge in [0.1, 0.15) is 17.1 Å². The Morgan fingerprint density at radius 1 is 1.12 bits per heavy atom. The largest absolute Gasteiger partial charge is 0.478 e. The molecule has 0 saturated heterocycles. The van der Waals surface area contributed by atoms with E-state index in [0.717, 1.165) is 60.1 Å². The van der Waals surface area contributed by atoms with Crippen molar-refractivity contribution >= 4 is 22.7 Å². The quantitative estimate of drug-likeness (QED) is 0.241. The normalized spacial score (nSPS) is 16.0. The summed E-state index contributed by atoms with van der Waals surface area (Å²) < 4.78 is 6.43. The zero-order valence-corrected chi connectivity index (χ0v) is 23.3. The van der Waals surface area contributed by atoms with Crippen molar-refractivity contribution in [2.45, 2.75) is 71.6 Å². The van der Waals surface area contributed by atoms with E-state index in [-0.39, 0.29) is 23.0 Å². The number of Topliss-reactive ketones (excluding diaryl/α,β-unsaturated/α-hetero) is 1. The number of nitrogens with zero attached hydrogens (tertiary/aromatic N) is 1. The van der Waals surface area contributed by atoms with E-state index in [1.54, 1.807) is 12.1 Å². The molecule has 1 aliphatic carbocycles. The van der Waals surface area contributed by atoms with E-state index in [9.17, 15) is 19.5 Å². The van der Waals surface area contributed by atoms with Crippen LogP contribution in [0.1, 0.15) is 83.8 Å². The number of carboxylic acid groups (broad SMARTS) is 1. The number of aryl methyl sites for hydroxylation is 3. The van der Waals surface area contributed by atoms with Gasteiger partial charge in [-0.25, -0.2) is 9.78 Å². The number of pyridine rings is 1. The summed E-state index contributed by atoms with van der Waals surface area (Å²) in [5.74, 6) is -0.0502. The number of aromatic carboxylic acids is 1. The van der Waals surface area contributed by atoms with Gasteiger partial charge in [0.15, 0.2) is 11.2 Å². The zero-order chi connectivity index (χ0) is 28.4. The predicted octanol–water partition coefficient (Wildman–Crippen LogP) is 7.07. The summed E-state index contributed by atoms with van der Waals surface area (Å²) in [6.45, 7) is 6.15. The number of carbonyl (C=O) groups is 2. The van der Waals surface area contributed by atoms with E-state index in [0.29, 0.717) is 40.8 Å². The third-order valence-corrected chi connectivity index (χ3v) is 8.23. The van der Waals surface area contributed by atoms with E-state index in [4.69, 9.17) is 9.40 Å². The molecular weight excluding hydrogens is 502 g/mol. The summed E-state index contributed by atoms with van der Waals surface area (Å²) in [5, 5.41) is 10.0. The van der Waals surface area contributed by atoms with Crippen LogP contribution in [0.15, 0.2) is 63.8 Å². The highest BCUT2D eigenvalue weighted by Gasteiger charge is 2.24. The lowest BCUT2D eigenvalue weighted by Crippen LogP contribution is -2.13. The molecular formula is C34H35NO5. The van der Waals surface area contributed by atoms with E-state index < -0.39 is 5.97 Å². The molecule has 0 radical (unpaired) electrons. The Labute approximate surface area is 234 Å². The van der Waals surface area contributed by atoms with Crippen molar-refractivity contribution in [1.82, 2.24) is 4.98 Å². The Morgan fingerprint density at radius 3 is 2.70 bits per heavy atom. The van der Waals surface area contributed by atoms with Crippen LogP contribution in [0.25, 0.3) is 22.4 Å². The van der Waals surface area contributed by atoms with Crippen molar-refractivity contribution in [2.24, 2.45) is 5.92 Å². The number of fused-ring (bicyclic) bond motifs is 2.